The molecule has 1 aromatic carbocycles. The highest BCUT2D eigenvalue weighted by Crippen LogP contribution is 2.27. The molecule has 3 rings (SSSR count). The first-order valence-electron chi connectivity index (χ1n) is 7.83. The summed E-state index contributed by atoms with van der Waals surface area (Å²) in [6, 6.07) is 8.81. The number of hydrogen-bond acceptors (Lipinski definition) is 4. The van der Waals surface area contributed by atoms with Crippen LogP contribution in [0.1, 0.15) is 37.1 Å². The van der Waals surface area contributed by atoms with Gasteiger partial charge >= 0.3 is 0 Å². The summed E-state index contributed by atoms with van der Waals surface area (Å²) in [4.78, 5) is 4.57. The summed E-state index contributed by atoms with van der Waals surface area (Å²) in [6.45, 7) is 2.08. The zero-order valence-electron chi connectivity index (χ0n) is 12.8. The molecule has 1 aliphatic carbocycles. The first kappa shape index (κ1) is 14.3. The van der Waals surface area contributed by atoms with Crippen molar-refractivity contribution in [3.63, 3.8) is 0 Å². The molecule has 1 saturated carbocycles. The Morgan fingerprint density at radius 2 is 1.95 bits per heavy atom. The van der Waals surface area contributed by atoms with E-state index in [0.29, 0.717) is 17.8 Å². The van der Waals surface area contributed by atoms with Crippen LogP contribution in [0.4, 0.5) is 0 Å². The largest absolute Gasteiger partial charge is 0.339 e. The van der Waals surface area contributed by atoms with E-state index in [1.807, 2.05) is 12.1 Å². The summed E-state index contributed by atoms with van der Waals surface area (Å²) in [6.07, 6.45) is 6.00. The van der Waals surface area contributed by atoms with Crippen molar-refractivity contribution < 1.29 is 4.52 Å². The molecule has 0 spiro atoms. The molecule has 2 aromatic rings. The first-order chi connectivity index (χ1) is 10.3. The van der Waals surface area contributed by atoms with Crippen LogP contribution in [-0.4, -0.2) is 23.2 Å². The summed E-state index contributed by atoms with van der Waals surface area (Å²) < 4.78 is 5.46. The van der Waals surface area contributed by atoms with Crippen LogP contribution in [0.3, 0.4) is 0 Å². The molecule has 0 amide bonds. The van der Waals surface area contributed by atoms with Gasteiger partial charge in [-0.2, -0.15) is 4.98 Å². The van der Waals surface area contributed by atoms with Crippen molar-refractivity contribution >= 4 is 0 Å². The molecule has 1 fully saturated rings. The lowest BCUT2D eigenvalue weighted by molar-refractivity contribution is 0.248. The zero-order chi connectivity index (χ0) is 14.7. The maximum Gasteiger partial charge on any atom is 0.227 e. The van der Waals surface area contributed by atoms with Gasteiger partial charge in [-0.15, -0.1) is 0 Å². The second kappa shape index (κ2) is 6.39. The van der Waals surface area contributed by atoms with Crippen LogP contribution in [0.2, 0.25) is 0 Å². The molecule has 1 aliphatic rings. The Kier molecular flexibility index (Phi) is 4.34. The predicted octanol–water partition coefficient (Wildman–Crippen LogP) is 3.37. The lowest BCUT2D eigenvalue weighted by atomic mass is 9.82. The number of benzene rings is 1. The van der Waals surface area contributed by atoms with E-state index in [1.54, 1.807) is 0 Å². The lowest BCUT2D eigenvalue weighted by Gasteiger charge is -2.30. The van der Waals surface area contributed by atoms with E-state index in [4.69, 9.17) is 4.52 Å². The monoisotopic (exact) mass is 285 g/mol. The summed E-state index contributed by atoms with van der Waals surface area (Å²) in [7, 11) is 2.05. The van der Waals surface area contributed by atoms with E-state index < -0.39 is 0 Å². The third-order valence-corrected chi connectivity index (χ3v) is 4.49. The van der Waals surface area contributed by atoms with Crippen molar-refractivity contribution in [1.29, 1.82) is 0 Å². The maximum absolute atomic E-state index is 5.46. The van der Waals surface area contributed by atoms with Gasteiger partial charge in [-0.25, -0.2) is 0 Å². The Hall–Kier alpha value is -1.68. The molecule has 0 radical (unpaired) electrons. The maximum atomic E-state index is 5.46. The Morgan fingerprint density at radius 3 is 2.71 bits per heavy atom. The van der Waals surface area contributed by atoms with E-state index >= 15 is 0 Å². The van der Waals surface area contributed by atoms with Gasteiger partial charge in [0.15, 0.2) is 0 Å². The number of aryl methyl sites for hydroxylation is 1. The molecule has 1 heterocycles. The average molecular weight is 285 g/mol. The quantitative estimate of drug-likeness (QED) is 0.935. The van der Waals surface area contributed by atoms with Crippen LogP contribution in [0.15, 0.2) is 28.8 Å². The highest BCUT2D eigenvalue weighted by Gasteiger charge is 2.25. The molecule has 4 nitrogen and oxygen atoms in total. The Morgan fingerprint density at radius 1 is 1.19 bits per heavy atom. The third kappa shape index (κ3) is 3.32. The average Bonchev–Trinajstić information content (AvgIpc) is 2.97. The number of aromatic nitrogens is 2. The zero-order valence-corrected chi connectivity index (χ0v) is 12.8. The molecule has 1 N–H and O–H groups in total. The molecule has 0 aliphatic heterocycles. The molecule has 0 bridgehead atoms. The molecular formula is C17H23N3O. The van der Waals surface area contributed by atoms with Crippen molar-refractivity contribution in [2.24, 2.45) is 5.92 Å². The second-order valence-corrected chi connectivity index (χ2v) is 6.02. The van der Waals surface area contributed by atoms with Crippen LogP contribution in [0.25, 0.3) is 11.4 Å². The minimum absolute atomic E-state index is 0.577. The van der Waals surface area contributed by atoms with Gasteiger partial charge in [0.25, 0.3) is 0 Å². The van der Waals surface area contributed by atoms with Gasteiger partial charge in [0.1, 0.15) is 0 Å². The predicted molar refractivity (Wildman–Crippen MR) is 83.0 cm³/mol. The number of nitrogens with zero attached hydrogens (tertiary/aromatic N) is 2. The molecule has 112 valence electrons. The molecule has 4 heteroatoms. The first-order valence-corrected chi connectivity index (χ1v) is 7.83. The van der Waals surface area contributed by atoms with Gasteiger partial charge in [-0.1, -0.05) is 47.8 Å². The normalized spacial score (nSPS) is 22.4. The van der Waals surface area contributed by atoms with Gasteiger partial charge in [0, 0.05) is 18.0 Å². The smallest absolute Gasteiger partial charge is 0.227 e. The van der Waals surface area contributed by atoms with E-state index in [-0.39, 0.29) is 0 Å². The van der Waals surface area contributed by atoms with Crippen molar-refractivity contribution in [3.05, 3.63) is 35.7 Å². The molecule has 21 heavy (non-hydrogen) atoms. The van der Waals surface area contributed by atoms with Crippen molar-refractivity contribution in [2.75, 3.05) is 7.05 Å². The van der Waals surface area contributed by atoms with E-state index in [9.17, 15) is 0 Å². The number of rotatable bonds is 4. The Balaban J connectivity index is 1.71. The van der Waals surface area contributed by atoms with E-state index in [1.165, 1.54) is 31.2 Å². The highest BCUT2D eigenvalue weighted by atomic mass is 16.5. The number of hydrogen-bond donors (Lipinski definition) is 1. The molecular weight excluding hydrogens is 262 g/mol. The molecule has 0 saturated heterocycles. The van der Waals surface area contributed by atoms with Gasteiger partial charge < -0.3 is 9.84 Å². The van der Waals surface area contributed by atoms with E-state index in [2.05, 4.69) is 41.6 Å². The minimum Gasteiger partial charge on any atom is -0.339 e. The van der Waals surface area contributed by atoms with Crippen LogP contribution >= 0.6 is 0 Å². The fourth-order valence-corrected chi connectivity index (χ4v) is 3.21. The summed E-state index contributed by atoms with van der Waals surface area (Å²) in [5.74, 6) is 2.06. The molecule has 2 atom stereocenters. The summed E-state index contributed by atoms with van der Waals surface area (Å²) >= 11 is 0. The highest BCUT2D eigenvalue weighted by molar-refractivity contribution is 5.54. The van der Waals surface area contributed by atoms with Crippen LogP contribution in [0.5, 0.6) is 0 Å². The fourth-order valence-electron chi connectivity index (χ4n) is 3.21. The topological polar surface area (TPSA) is 51.0 Å². The van der Waals surface area contributed by atoms with Gasteiger partial charge in [0.05, 0.1) is 0 Å². The van der Waals surface area contributed by atoms with Gasteiger partial charge in [0.2, 0.25) is 11.7 Å². The third-order valence-electron chi connectivity index (χ3n) is 4.49. The Labute approximate surface area is 126 Å². The summed E-state index contributed by atoms with van der Waals surface area (Å²) in [5, 5.41) is 7.56. The van der Waals surface area contributed by atoms with E-state index in [0.717, 1.165) is 17.9 Å². The summed E-state index contributed by atoms with van der Waals surface area (Å²) in [5.41, 5.74) is 2.26. The minimum atomic E-state index is 0.577. The number of nitrogens with one attached hydrogen (secondary N) is 1. The SMILES string of the molecule is CNC1CCCCC1Cc1nc(-c2ccc(C)cc2)no1. The van der Waals surface area contributed by atoms with Crippen LogP contribution in [0, 0.1) is 12.8 Å². The standard InChI is InChI=1S/C17H23N3O/c1-12-7-9-13(10-8-12)17-19-16(21-20-17)11-14-5-3-4-6-15(14)18-2/h7-10,14-15,18H,3-6,11H2,1-2H3. The molecule has 1 aromatic heterocycles. The fraction of sp³-hybridized carbons (Fsp3) is 0.529. The Bertz CT molecular complexity index is 576. The van der Waals surface area contributed by atoms with Crippen LogP contribution < -0.4 is 5.32 Å². The van der Waals surface area contributed by atoms with Crippen LogP contribution in [-0.2, 0) is 6.42 Å². The van der Waals surface area contributed by atoms with Gasteiger partial charge in [-0.3, -0.25) is 0 Å². The lowest BCUT2D eigenvalue weighted by Crippen LogP contribution is -2.37. The van der Waals surface area contributed by atoms with Crippen molar-refractivity contribution in [2.45, 2.75) is 45.1 Å². The van der Waals surface area contributed by atoms with Crippen molar-refractivity contribution in [1.82, 2.24) is 15.5 Å². The van der Waals surface area contributed by atoms with Crippen molar-refractivity contribution in [3.8, 4) is 11.4 Å². The molecule has 2 unspecified atom stereocenters. The second-order valence-electron chi connectivity index (χ2n) is 6.02. The van der Waals surface area contributed by atoms with Gasteiger partial charge in [-0.05, 0) is 32.7 Å².